The second kappa shape index (κ2) is 7.37. The van der Waals surface area contributed by atoms with Crippen LogP contribution >= 0.6 is 24.0 Å². The number of piperidine rings is 1. The largest absolute Gasteiger partial charge is 0.315 e. The van der Waals surface area contributed by atoms with Crippen molar-refractivity contribution in [2.45, 2.75) is 23.8 Å². The van der Waals surface area contributed by atoms with Crippen LogP contribution in [0.3, 0.4) is 0 Å². The molecule has 7 nitrogen and oxygen atoms in total. The van der Waals surface area contributed by atoms with Gasteiger partial charge < -0.3 is 5.32 Å². The molecule has 118 valence electrons. The van der Waals surface area contributed by atoms with Crippen molar-refractivity contribution in [3.8, 4) is 0 Å². The molecule has 1 atom stereocenters. The second-order valence-corrected chi connectivity index (χ2v) is 6.65. The van der Waals surface area contributed by atoms with Crippen LogP contribution in [0.25, 0.3) is 0 Å². The first-order chi connectivity index (χ1) is 9.40. The predicted molar refractivity (Wildman–Crippen MR) is 81.6 cm³/mol. The highest BCUT2D eigenvalue weighted by atomic mass is 35.5. The van der Waals surface area contributed by atoms with E-state index in [1.54, 1.807) is 0 Å². The van der Waals surface area contributed by atoms with Crippen LogP contribution in [0.15, 0.2) is 23.1 Å². The monoisotopic (exact) mass is 355 g/mol. The lowest BCUT2D eigenvalue weighted by molar-refractivity contribution is -0.387. The van der Waals surface area contributed by atoms with Crippen molar-refractivity contribution < 1.29 is 13.3 Å². The van der Waals surface area contributed by atoms with Gasteiger partial charge in [-0.05, 0) is 31.5 Å². The molecule has 0 amide bonds. The Hall–Kier alpha value is -0.930. The zero-order valence-corrected chi connectivity index (χ0v) is 13.3. The van der Waals surface area contributed by atoms with E-state index in [1.165, 1.54) is 6.07 Å². The van der Waals surface area contributed by atoms with Gasteiger partial charge >= 0.3 is 0 Å². The summed E-state index contributed by atoms with van der Waals surface area (Å²) < 4.78 is 27.0. The minimum absolute atomic E-state index is 0. The van der Waals surface area contributed by atoms with Gasteiger partial charge in [-0.3, -0.25) is 10.1 Å². The zero-order valence-electron chi connectivity index (χ0n) is 10.9. The normalized spacial score (nSPS) is 18.8. The van der Waals surface area contributed by atoms with E-state index in [9.17, 15) is 18.5 Å². The fourth-order valence-corrected chi connectivity index (χ4v) is 3.69. The maximum Gasteiger partial charge on any atom is 0.290 e. The van der Waals surface area contributed by atoms with Crippen LogP contribution < -0.4 is 10.0 Å². The smallest absolute Gasteiger partial charge is 0.290 e. The molecule has 0 aromatic heterocycles. The van der Waals surface area contributed by atoms with E-state index >= 15 is 0 Å². The zero-order chi connectivity index (χ0) is 14.8. The molecular formula is C11H15Cl2N3O4S. The standard InChI is InChI=1S/C11H14ClN3O4S.ClH/c12-8-3-4-11(10(6-8)15(16)17)20(18,19)14-9-2-1-5-13-7-9;/h3-4,6,9,13-14H,1-2,5,7H2;1H/t9-;/m1./s1. The van der Waals surface area contributed by atoms with Crippen LogP contribution in [-0.4, -0.2) is 32.5 Å². The highest BCUT2D eigenvalue weighted by Gasteiger charge is 2.28. The number of halogens is 2. The van der Waals surface area contributed by atoms with E-state index in [2.05, 4.69) is 10.0 Å². The van der Waals surface area contributed by atoms with Gasteiger partial charge in [0.15, 0.2) is 4.90 Å². The van der Waals surface area contributed by atoms with Crippen molar-refractivity contribution in [1.82, 2.24) is 10.0 Å². The summed E-state index contributed by atoms with van der Waals surface area (Å²) in [7, 11) is -3.94. The average molecular weight is 356 g/mol. The molecule has 1 heterocycles. The number of nitro benzene ring substituents is 1. The molecule has 2 rings (SSSR count). The molecule has 1 aromatic carbocycles. The third-order valence-electron chi connectivity index (χ3n) is 3.03. The Balaban J connectivity index is 0.00000220. The Morgan fingerprint density at radius 3 is 2.71 bits per heavy atom. The van der Waals surface area contributed by atoms with Crippen LogP contribution in [0, 0.1) is 10.1 Å². The lowest BCUT2D eigenvalue weighted by Gasteiger charge is -2.23. The van der Waals surface area contributed by atoms with Gasteiger partial charge in [0.05, 0.1) is 4.92 Å². The van der Waals surface area contributed by atoms with Crippen LogP contribution in [0.4, 0.5) is 5.69 Å². The number of rotatable bonds is 4. The molecular weight excluding hydrogens is 341 g/mol. The van der Waals surface area contributed by atoms with Gasteiger partial charge in [0.1, 0.15) is 0 Å². The van der Waals surface area contributed by atoms with Crippen LogP contribution in [0.2, 0.25) is 5.02 Å². The summed E-state index contributed by atoms with van der Waals surface area (Å²) in [6, 6.07) is 3.25. The van der Waals surface area contributed by atoms with Crippen LogP contribution in [0.1, 0.15) is 12.8 Å². The maximum absolute atomic E-state index is 12.3. The minimum atomic E-state index is -3.94. The lowest BCUT2D eigenvalue weighted by Crippen LogP contribution is -2.45. The summed E-state index contributed by atoms with van der Waals surface area (Å²) in [5.74, 6) is 0. The van der Waals surface area contributed by atoms with Crippen molar-refractivity contribution in [3.63, 3.8) is 0 Å². The fourth-order valence-electron chi connectivity index (χ4n) is 2.10. The SMILES string of the molecule is Cl.O=[N+]([O-])c1cc(Cl)ccc1S(=O)(=O)N[C@@H]1CCCNC1. The van der Waals surface area contributed by atoms with Crippen molar-refractivity contribution in [1.29, 1.82) is 0 Å². The van der Waals surface area contributed by atoms with Gasteiger partial charge in [0.25, 0.3) is 5.69 Å². The van der Waals surface area contributed by atoms with Gasteiger partial charge in [-0.15, -0.1) is 12.4 Å². The van der Waals surface area contributed by atoms with E-state index in [4.69, 9.17) is 11.6 Å². The number of hydrogen-bond donors (Lipinski definition) is 2. The summed E-state index contributed by atoms with van der Waals surface area (Å²) in [6.45, 7) is 1.36. The highest BCUT2D eigenvalue weighted by Crippen LogP contribution is 2.27. The first-order valence-corrected chi connectivity index (χ1v) is 7.93. The summed E-state index contributed by atoms with van der Waals surface area (Å²) >= 11 is 5.67. The van der Waals surface area contributed by atoms with Crippen molar-refractivity contribution in [2.24, 2.45) is 0 Å². The van der Waals surface area contributed by atoms with E-state index in [1.807, 2.05) is 0 Å². The molecule has 10 heteroatoms. The number of nitrogens with zero attached hydrogens (tertiary/aromatic N) is 1. The van der Waals surface area contributed by atoms with Gasteiger partial charge in [-0.2, -0.15) is 0 Å². The van der Waals surface area contributed by atoms with Crippen molar-refractivity contribution in [2.75, 3.05) is 13.1 Å². The van der Waals surface area contributed by atoms with Crippen molar-refractivity contribution in [3.05, 3.63) is 33.3 Å². The number of nitro groups is 1. The van der Waals surface area contributed by atoms with Gasteiger partial charge in [0.2, 0.25) is 10.0 Å². The molecule has 1 aliphatic heterocycles. The van der Waals surface area contributed by atoms with E-state index in [-0.39, 0.29) is 28.4 Å². The van der Waals surface area contributed by atoms with Crippen LogP contribution in [-0.2, 0) is 10.0 Å². The van der Waals surface area contributed by atoms with Crippen LogP contribution in [0.5, 0.6) is 0 Å². The molecule has 2 N–H and O–H groups in total. The molecule has 1 aromatic rings. The summed E-state index contributed by atoms with van der Waals surface area (Å²) in [6.07, 6.45) is 1.56. The summed E-state index contributed by atoms with van der Waals surface area (Å²) in [4.78, 5) is 9.84. The summed E-state index contributed by atoms with van der Waals surface area (Å²) in [5, 5.41) is 14.1. The highest BCUT2D eigenvalue weighted by molar-refractivity contribution is 7.89. The third-order valence-corrected chi connectivity index (χ3v) is 4.83. The first kappa shape index (κ1) is 18.1. The van der Waals surface area contributed by atoms with E-state index in [0.29, 0.717) is 13.0 Å². The molecule has 0 radical (unpaired) electrons. The number of sulfonamides is 1. The minimum Gasteiger partial charge on any atom is -0.315 e. The molecule has 0 unspecified atom stereocenters. The van der Waals surface area contributed by atoms with Gasteiger partial charge in [0, 0.05) is 23.7 Å². The molecule has 1 saturated heterocycles. The Bertz CT molecular complexity index is 618. The quantitative estimate of drug-likeness (QED) is 0.632. The Kier molecular flexibility index (Phi) is 6.36. The van der Waals surface area contributed by atoms with Crippen molar-refractivity contribution >= 4 is 39.7 Å². The van der Waals surface area contributed by atoms with E-state index in [0.717, 1.165) is 25.1 Å². The number of nitrogens with one attached hydrogen (secondary N) is 2. The molecule has 0 aliphatic carbocycles. The van der Waals surface area contributed by atoms with Gasteiger partial charge in [-0.1, -0.05) is 11.6 Å². The third kappa shape index (κ3) is 4.52. The fraction of sp³-hybridized carbons (Fsp3) is 0.455. The second-order valence-electron chi connectivity index (χ2n) is 4.53. The lowest BCUT2D eigenvalue weighted by atomic mass is 10.1. The molecule has 0 bridgehead atoms. The molecule has 1 aliphatic rings. The first-order valence-electron chi connectivity index (χ1n) is 6.07. The van der Waals surface area contributed by atoms with Gasteiger partial charge in [-0.25, -0.2) is 13.1 Å². The molecule has 21 heavy (non-hydrogen) atoms. The number of hydrogen-bond acceptors (Lipinski definition) is 5. The predicted octanol–water partition coefficient (Wildman–Crippen LogP) is 1.70. The Morgan fingerprint density at radius 1 is 1.43 bits per heavy atom. The Morgan fingerprint density at radius 2 is 2.14 bits per heavy atom. The maximum atomic E-state index is 12.3. The number of benzene rings is 1. The molecule has 1 fully saturated rings. The topological polar surface area (TPSA) is 101 Å². The van der Waals surface area contributed by atoms with E-state index < -0.39 is 20.6 Å². The molecule has 0 spiro atoms. The molecule has 0 saturated carbocycles. The Labute approximate surface area is 133 Å². The summed E-state index contributed by atoms with van der Waals surface area (Å²) in [5.41, 5.74) is -0.520. The average Bonchev–Trinajstić information content (AvgIpc) is 2.38.